The molecule has 0 aliphatic heterocycles. The summed E-state index contributed by atoms with van der Waals surface area (Å²) >= 11 is 0. The largest absolute Gasteiger partial charge is 0.298 e. The molecule has 1 aliphatic carbocycles. The third-order valence-electron chi connectivity index (χ3n) is 6.04. The summed E-state index contributed by atoms with van der Waals surface area (Å²) in [7, 11) is 0. The van der Waals surface area contributed by atoms with E-state index >= 15 is 0 Å². The monoisotopic (exact) mass is 364 g/mol. The van der Waals surface area contributed by atoms with E-state index in [2.05, 4.69) is 24.3 Å². The Morgan fingerprint density at radius 2 is 1.43 bits per heavy atom. The van der Waals surface area contributed by atoms with Crippen LogP contribution in [-0.4, -0.2) is 11.6 Å². The summed E-state index contributed by atoms with van der Waals surface area (Å²) in [4.78, 5) is 26.5. The van der Waals surface area contributed by atoms with Crippen LogP contribution in [0.15, 0.2) is 78.9 Å². The standard InChI is InChI=1S/C26H20O2/c1-16-19-13-14-21-20-10-6-5-9-18(20)11-12-22(21)24(19)26(28)23(25(16)27)15-17-7-3-2-4-8-17/h2-14,16,23H,15H2,1H3. The number of hydrogen-bond donors (Lipinski definition) is 0. The molecule has 0 radical (unpaired) electrons. The van der Waals surface area contributed by atoms with Gasteiger partial charge in [-0.25, -0.2) is 0 Å². The van der Waals surface area contributed by atoms with Gasteiger partial charge in [-0.05, 0) is 39.1 Å². The quantitative estimate of drug-likeness (QED) is 0.337. The van der Waals surface area contributed by atoms with Gasteiger partial charge in [0.2, 0.25) is 0 Å². The maximum absolute atomic E-state index is 13.5. The zero-order valence-electron chi connectivity index (χ0n) is 15.7. The van der Waals surface area contributed by atoms with Crippen molar-refractivity contribution in [3.05, 3.63) is 95.6 Å². The second kappa shape index (κ2) is 6.42. The van der Waals surface area contributed by atoms with Gasteiger partial charge in [0, 0.05) is 11.5 Å². The summed E-state index contributed by atoms with van der Waals surface area (Å²) in [5, 5.41) is 4.33. The Hall–Kier alpha value is -3.26. The number of benzene rings is 4. The third kappa shape index (κ3) is 2.49. The lowest BCUT2D eigenvalue weighted by molar-refractivity contribution is -0.122. The molecule has 0 N–H and O–H groups in total. The first kappa shape index (κ1) is 16.9. The van der Waals surface area contributed by atoms with E-state index in [4.69, 9.17) is 0 Å². The lowest BCUT2D eigenvalue weighted by Gasteiger charge is -2.28. The normalized spacial score (nSPS) is 19.2. The van der Waals surface area contributed by atoms with Crippen molar-refractivity contribution >= 4 is 33.1 Å². The van der Waals surface area contributed by atoms with Crippen molar-refractivity contribution in [1.29, 1.82) is 0 Å². The number of carbonyl (C=O) groups excluding carboxylic acids is 2. The fourth-order valence-electron chi connectivity index (χ4n) is 4.54. The molecule has 0 heterocycles. The van der Waals surface area contributed by atoms with E-state index in [1.807, 2.05) is 61.5 Å². The predicted molar refractivity (Wildman–Crippen MR) is 113 cm³/mol. The summed E-state index contributed by atoms with van der Waals surface area (Å²) < 4.78 is 0. The van der Waals surface area contributed by atoms with E-state index in [0.29, 0.717) is 6.42 Å². The molecule has 0 amide bonds. The van der Waals surface area contributed by atoms with Crippen LogP contribution in [0.3, 0.4) is 0 Å². The Morgan fingerprint density at radius 1 is 0.714 bits per heavy atom. The van der Waals surface area contributed by atoms with Gasteiger partial charge in [-0.3, -0.25) is 9.59 Å². The summed E-state index contributed by atoms with van der Waals surface area (Å²) in [6.07, 6.45) is 0.465. The molecule has 2 heteroatoms. The first-order valence-corrected chi connectivity index (χ1v) is 9.71. The van der Waals surface area contributed by atoms with Gasteiger partial charge < -0.3 is 0 Å². The van der Waals surface area contributed by atoms with Crippen LogP contribution in [0.25, 0.3) is 21.5 Å². The number of hydrogen-bond acceptors (Lipinski definition) is 2. The SMILES string of the molecule is CC1C(=O)C(Cc2ccccc2)C(=O)c2c1ccc1c2ccc2ccccc21. The Labute approximate surface area is 163 Å². The number of carbonyl (C=O) groups is 2. The predicted octanol–water partition coefficient (Wildman–Crippen LogP) is 5.72. The zero-order valence-corrected chi connectivity index (χ0v) is 15.7. The van der Waals surface area contributed by atoms with Crippen LogP contribution < -0.4 is 0 Å². The fraction of sp³-hybridized carbons (Fsp3) is 0.154. The molecule has 0 aromatic heterocycles. The van der Waals surface area contributed by atoms with Crippen LogP contribution >= 0.6 is 0 Å². The molecule has 0 saturated heterocycles. The smallest absolute Gasteiger partial charge is 0.174 e. The van der Waals surface area contributed by atoms with Crippen molar-refractivity contribution in [2.24, 2.45) is 5.92 Å². The summed E-state index contributed by atoms with van der Waals surface area (Å²) in [6.45, 7) is 1.93. The Bertz CT molecular complexity index is 1240. The minimum Gasteiger partial charge on any atom is -0.298 e. The highest BCUT2D eigenvalue weighted by Gasteiger charge is 2.39. The lowest BCUT2D eigenvalue weighted by Crippen LogP contribution is -2.35. The zero-order chi connectivity index (χ0) is 19.3. The van der Waals surface area contributed by atoms with E-state index in [1.165, 1.54) is 0 Å². The summed E-state index contributed by atoms with van der Waals surface area (Å²) in [5.74, 6) is -0.886. The maximum Gasteiger partial charge on any atom is 0.174 e. The molecule has 2 atom stereocenters. The van der Waals surface area contributed by atoms with Gasteiger partial charge in [0.25, 0.3) is 0 Å². The lowest BCUT2D eigenvalue weighted by atomic mass is 9.72. The summed E-state index contributed by atoms with van der Waals surface area (Å²) in [6, 6.07) is 26.2. The highest BCUT2D eigenvalue weighted by Crippen LogP contribution is 2.39. The fourth-order valence-corrected chi connectivity index (χ4v) is 4.54. The minimum absolute atomic E-state index is 0.0292. The molecule has 2 unspecified atom stereocenters. The van der Waals surface area contributed by atoms with E-state index in [1.54, 1.807) is 0 Å². The van der Waals surface area contributed by atoms with Crippen molar-refractivity contribution in [2.45, 2.75) is 19.3 Å². The first-order valence-electron chi connectivity index (χ1n) is 9.71. The molecule has 4 aromatic rings. The molecule has 5 rings (SSSR count). The number of ketones is 2. The Balaban J connectivity index is 1.71. The summed E-state index contributed by atoms with van der Waals surface area (Å²) in [5.41, 5.74) is 2.62. The average molecular weight is 364 g/mol. The van der Waals surface area contributed by atoms with Gasteiger partial charge in [0.15, 0.2) is 11.6 Å². The van der Waals surface area contributed by atoms with Crippen molar-refractivity contribution in [3.63, 3.8) is 0 Å². The van der Waals surface area contributed by atoms with Gasteiger partial charge in [-0.1, -0.05) is 85.8 Å². The van der Waals surface area contributed by atoms with Gasteiger partial charge in [0.05, 0.1) is 5.92 Å². The third-order valence-corrected chi connectivity index (χ3v) is 6.04. The highest BCUT2D eigenvalue weighted by atomic mass is 16.2. The van der Waals surface area contributed by atoms with Crippen LogP contribution in [0.1, 0.15) is 34.3 Å². The highest BCUT2D eigenvalue weighted by molar-refractivity contribution is 6.24. The maximum atomic E-state index is 13.5. The molecule has 28 heavy (non-hydrogen) atoms. The second-order valence-corrected chi connectivity index (χ2v) is 7.64. The molecule has 0 saturated carbocycles. The van der Waals surface area contributed by atoms with Crippen molar-refractivity contribution in [3.8, 4) is 0 Å². The van der Waals surface area contributed by atoms with Crippen LogP contribution in [0, 0.1) is 5.92 Å². The van der Waals surface area contributed by atoms with Crippen molar-refractivity contribution in [2.75, 3.05) is 0 Å². The van der Waals surface area contributed by atoms with Crippen LogP contribution in [0.5, 0.6) is 0 Å². The number of Topliss-reactive ketones (excluding diaryl/α,β-unsaturated/α-hetero) is 2. The molecule has 0 fully saturated rings. The average Bonchev–Trinajstić information content (AvgIpc) is 2.75. The van der Waals surface area contributed by atoms with Crippen LogP contribution in [-0.2, 0) is 11.2 Å². The second-order valence-electron chi connectivity index (χ2n) is 7.64. The van der Waals surface area contributed by atoms with Crippen molar-refractivity contribution in [1.82, 2.24) is 0 Å². The van der Waals surface area contributed by atoms with E-state index in [9.17, 15) is 9.59 Å². The van der Waals surface area contributed by atoms with Gasteiger partial charge >= 0.3 is 0 Å². The number of fused-ring (bicyclic) bond motifs is 5. The van der Waals surface area contributed by atoms with E-state index in [0.717, 1.165) is 38.2 Å². The Morgan fingerprint density at radius 3 is 2.25 bits per heavy atom. The molecule has 0 bridgehead atoms. The van der Waals surface area contributed by atoms with Gasteiger partial charge in [-0.2, -0.15) is 0 Å². The van der Waals surface area contributed by atoms with Crippen LogP contribution in [0.2, 0.25) is 0 Å². The molecule has 136 valence electrons. The first-order chi connectivity index (χ1) is 13.6. The topological polar surface area (TPSA) is 34.1 Å². The van der Waals surface area contributed by atoms with Crippen molar-refractivity contribution < 1.29 is 9.59 Å². The molecule has 1 aliphatic rings. The number of rotatable bonds is 2. The van der Waals surface area contributed by atoms with E-state index < -0.39 is 5.92 Å². The molecule has 4 aromatic carbocycles. The van der Waals surface area contributed by atoms with E-state index in [-0.39, 0.29) is 17.5 Å². The molecular weight excluding hydrogens is 344 g/mol. The van der Waals surface area contributed by atoms with Crippen LogP contribution in [0.4, 0.5) is 0 Å². The molecular formula is C26H20O2. The molecule has 2 nitrogen and oxygen atoms in total. The molecule has 0 spiro atoms. The van der Waals surface area contributed by atoms with Gasteiger partial charge in [-0.15, -0.1) is 0 Å². The van der Waals surface area contributed by atoms with Gasteiger partial charge in [0.1, 0.15) is 0 Å². The minimum atomic E-state index is -0.609. The Kier molecular flexibility index (Phi) is 3.87.